The molecule has 1 aliphatic rings. The molecule has 7 nitrogen and oxygen atoms in total. The first-order valence-corrected chi connectivity index (χ1v) is 10.0. The normalized spacial score (nSPS) is 14.0. The number of hydrogen-bond acceptors (Lipinski definition) is 5. The fraction of sp³-hybridized carbons (Fsp3) is 0.348. The largest absolute Gasteiger partial charge is 0.444 e. The third-order valence-electron chi connectivity index (χ3n) is 4.76. The summed E-state index contributed by atoms with van der Waals surface area (Å²) >= 11 is 0. The Morgan fingerprint density at radius 2 is 1.77 bits per heavy atom. The Morgan fingerprint density at radius 3 is 2.39 bits per heavy atom. The van der Waals surface area contributed by atoms with Crippen LogP contribution in [0.2, 0.25) is 0 Å². The quantitative estimate of drug-likeness (QED) is 0.805. The number of anilines is 2. The predicted molar refractivity (Wildman–Crippen MR) is 116 cm³/mol. The zero-order valence-corrected chi connectivity index (χ0v) is 17.8. The van der Waals surface area contributed by atoms with Crippen molar-refractivity contribution in [3.05, 3.63) is 59.4 Å². The summed E-state index contributed by atoms with van der Waals surface area (Å²) in [5.41, 5.74) is 0.946. The molecule has 0 unspecified atom stereocenters. The van der Waals surface area contributed by atoms with Crippen LogP contribution < -0.4 is 10.2 Å². The van der Waals surface area contributed by atoms with E-state index in [0.29, 0.717) is 43.1 Å². The summed E-state index contributed by atoms with van der Waals surface area (Å²) in [6.07, 6.45) is -0.358. The Morgan fingerprint density at radius 1 is 1.10 bits per heavy atom. The molecule has 2 amide bonds. The van der Waals surface area contributed by atoms with Crippen molar-refractivity contribution in [2.24, 2.45) is 0 Å². The van der Waals surface area contributed by atoms with Gasteiger partial charge in [-0.15, -0.1) is 0 Å². The number of piperazine rings is 1. The first-order chi connectivity index (χ1) is 14.7. The summed E-state index contributed by atoms with van der Waals surface area (Å²) in [4.78, 5) is 28.4. The summed E-state index contributed by atoms with van der Waals surface area (Å²) < 4.78 is 18.8. The maximum absolute atomic E-state index is 13.4. The van der Waals surface area contributed by atoms with Crippen LogP contribution >= 0.6 is 0 Å². The second-order valence-electron chi connectivity index (χ2n) is 8.23. The minimum absolute atomic E-state index is 0.167. The first kappa shape index (κ1) is 22.1. The molecule has 0 aromatic heterocycles. The molecule has 1 N–H and O–H groups in total. The second kappa shape index (κ2) is 9.04. The predicted octanol–water partition coefficient (Wildman–Crippen LogP) is 4.01. The lowest BCUT2D eigenvalue weighted by Gasteiger charge is -2.37. The van der Waals surface area contributed by atoms with Gasteiger partial charge in [-0.2, -0.15) is 5.26 Å². The Bertz CT molecular complexity index is 1020. The molecule has 0 saturated carbocycles. The van der Waals surface area contributed by atoms with Crippen molar-refractivity contribution >= 4 is 23.4 Å². The van der Waals surface area contributed by atoms with Crippen LogP contribution in [-0.4, -0.2) is 48.7 Å². The minimum Gasteiger partial charge on any atom is -0.444 e. The fourth-order valence-corrected chi connectivity index (χ4v) is 3.31. The van der Waals surface area contributed by atoms with Crippen molar-refractivity contribution in [1.82, 2.24) is 4.90 Å². The first-order valence-electron chi connectivity index (χ1n) is 10.0. The van der Waals surface area contributed by atoms with Crippen LogP contribution in [0.15, 0.2) is 42.5 Å². The van der Waals surface area contributed by atoms with Gasteiger partial charge in [0.25, 0.3) is 5.91 Å². The van der Waals surface area contributed by atoms with Gasteiger partial charge in [0, 0.05) is 31.7 Å². The van der Waals surface area contributed by atoms with E-state index in [9.17, 15) is 19.2 Å². The second-order valence-corrected chi connectivity index (χ2v) is 8.23. The van der Waals surface area contributed by atoms with Gasteiger partial charge in [0.1, 0.15) is 17.5 Å². The fourth-order valence-electron chi connectivity index (χ4n) is 3.31. The van der Waals surface area contributed by atoms with Crippen molar-refractivity contribution in [3.8, 4) is 6.07 Å². The van der Waals surface area contributed by atoms with E-state index in [1.54, 1.807) is 23.1 Å². The molecular formula is C23H25FN4O3. The number of hydrogen-bond donors (Lipinski definition) is 1. The molecule has 2 aromatic carbocycles. The van der Waals surface area contributed by atoms with Crippen LogP contribution in [0.5, 0.6) is 0 Å². The van der Waals surface area contributed by atoms with Gasteiger partial charge in [-0.1, -0.05) is 12.1 Å². The number of carbonyl (C=O) groups excluding carboxylic acids is 2. The number of benzene rings is 2. The van der Waals surface area contributed by atoms with E-state index in [4.69, 9.17) is 4.74 Å². The number of nitrogens with one attached hydrogen (secondary N) is 1. The van der Waals surface area contributed by atoms with E-state index in [-0.39, 0.29) is 11.7 Å². The molecule has 31 heavy (non-hydrogen) atoms. The Labute approximate surface area is 181 Å². The van der Waals surface area contributed by atoms with Crippen molar-refractivity contribution in [1.29, 1.82) is 5.26 Å². The molecule has 0 aliphatic carbocycles. The molecule has 8 heteroatoms. The molecule has 1 fully saturated rings. The Hall–Kier alpha value is -3.60. The van der Waals surface area contributed by atoms with Crippen LogP contribution in [0, 0.1) is 17.1 Å². The number of ether oxygens (including phenoxy) is 1. The summed E-state index contributed by atoms with van der Waals surface area (Å²) in [7, 11) is 0. The van der Waals surface area contributed by atoms with E-state index in [2.05, 4.69) is 11.4 Å². The number of carbonyl (C=O) groups is 2. The topological polar surface area (TPSA) is 85.7 Å². The maximum Gasteiger partial charge on any atom is 0.410 e. The molecule has 1 heterocycles. The third-order valence-corrected chi connectivity index (χ3v) is 4.76. The number of amides is 2. The van der Waals surface area contributed by atoms with Gasteiger partial charge in [-0.3, -0.25) is 4.79 Å². The number of nitrogens with zero attached hydrogens (tertiary/aromatic N) is 3. The van der Waals surface area contributed by atoms with Crippen LogP contribution in [-0.2, 0) is 4.74 Å². The number of halogens is 1. The monoisotopic (exact) mass is 424 g/mol. The van der Waals surface area contributed by atoms with Crippen LogP contribution in [0.3, 0.4) is 0 Å². The number of rotatable bonds is 3. The number of nitriles is 1. The lowest BCUT2D eigenvalue weighted by Crippen LogP contribution is -2.50. The van der Waals surface area contributed by atoms with Gasteiger partial charge in [0.2, 0.25) is 0 Å². The summed E-state index contributed by atoms with van der Waals surface area (Å²) in [6, 6.07) is 12.7. The van der Waals surface area contributed by atoms with E-state index >= 15 is 0 Å². The van der Waals surface area contributed by atoms with E-state index < -0.39 is 17.3 Å². The van der Waals surface area contributed by atoms with Gasteiger partial charge in [-0.05, 0) is 51.1 Å². The van der Waals surface area contributed by atoms with Crippen molar-refractivity contribution < 1.29 is 18.7 Å². The molecule has 0 bridgehead atoms. The minimum atomic E-state index is -0.559. The summed E-state index contributed by atoms with van der Waals surface area (Å²) in [5.74, 6) is -1.01. The molecular weight excluding hydrogens is 399 g/mol. The van der Waals surface area contributed by atoms with Crippen LogP contribution in [0.4, 0.5) is 20.6 Å². The SMILES string of the molecule is CC(C)(C)OC(=O)N1CCN(c2cccc(NC(=O)c3cccc(F)c3)c2C#N)CC1. The Balaban J connectivity index is 1.73. The molecule has 0 radical (unpaired) electrons. The van der Waals surface area contributed by atoms with Gasteiger partial charge >= 0.3 is 6.09 Å². The highest BCUT2D eigenvalue weighted by molar-refractivity contribution is 6.05. The van der Waals surface area contributed by atoms with Gasteiger partial charge in [0.05, 0.1) is 16.9 Å². The molecule has 1 aliphatic heterocycles. The maximum atomic E-state index is 13.4. The summed E-state index contributed by atoms with van der Waals surface area (Å²) in [6.45, 7) is 7.43. The van der Waals surface area contributed by atoms with Gasteiger partial charge in [0.15, 0.2) is 0 Å². The molecule has 1 saturated heterocycles. The van der Waals surface area contributed by atoms with E-state index in [1.165, 1.54) is 18.2 Å². The van der Waals surface area contributed by atoms with Crippen LogP contribution in [0.1, 0.15) is 36.7 Å². The average molecular weight is 424 g/mol. The van der Waals surface area contributed by atoms with Gasteiger partial charge in [-0.25, -0.2) is 9.18 Å². The zero-order valence-electron chi connectivity index (χ0n) is 17.8. The molecule has 0 atom stereocenters. The zero-order chi connectivity index (χ0) is 22.6. The molecule has 3 rings (SSSR count). The third kappa shape index (κ3) is 5.51. The molecule has 0 spiro atoms. The standard InChI is InChI=1S/C23H25FN4O3/c1-23(2,3)31-22(30)28-12-10-27(11-13-28)20-9-5-8-19(18(20)15-25)26-21(29)16-6-4-7-17(24)14-16/h4-9,14H,10-13H2,1-3H3,(H,26,29). The van der Waals surface area contributed by atoms with Crippen molar-refractivity contribution in [2.45, 2.75) is 26.4 Å². The molecule has 2 aromatic rings. The van der Waals surface area contributed by atoms with Crippen LogP contribution in [0.25, 0.3) is 0 Å². The average Bonchev–Trinajstić information content (AvgIpc) is 2.72. The van der Waals surface area contributed by atoms with Crippen molar-refractivity contribution in [3.63, 3.8) is 0 Å². The molecule has 162 valence electrons. The summed E-state index contributed by atoms with van der Waals surface area (Å²) in [5, 5.41) is 12.5. The van der Waals surface area contributed by atoms with Gasteiger partial charge < -0.3 is 19.9 Å². The lowest BCUT2D eigenvalue weighted by atomic mass is 10.1. The van der Waals surface area contributed by atoms with E-state index in [1.807, 2.05) is 25.7 Å². The van der Waals surface area contributed by atoms with Crippen molar-refractivity contribution in [2.75, 3.05) is 36.4 Å². The highest BCUT2D eigenvalue weighted by Gasteiger charge is 2.27. The highest BCUT2D eigenvalue weighted by atomic mass is 19.1. The van der Waals surface area contributed by atoms with E-state index in [0.717, 1.165) is 6.07 Å². The highest BCUT2D eigenvalue weighted by Crippen LogP contribution is 2.28. The Kier molecular flexibility index (Phi) is 6.44. The smallest absolute Gasteiger partial charge is 0.410 e. The lowest BCUT2D eigenvalue weighted by molar-refractivity contribution is 0.0240.